The van der Waals surface area contributed by atoms with Gasteiger partial charge in [-0.05, 0) is 28.7 Å². The maximum absolute atomic E-state index is 14.1. The van der Waals surface area contributed by atoms with Gasteiger partial charge in [-0.2, -0.15) is 0 Å². The number of rotatable bonds is 9. The van der Waals surface area contributed by atoms with Gasteiger partial charge in [-0.25, -0.2) is 13.6 Å². The highest BCUT2D eigenvalue weighted by Gasteiger charge is 2.71. The molecule has 9 heteroatoms. The fourth-order valence-corrected chi connectivity index (χ4v) is 4.58. The number of halogens is 2. The summed E-state index contributed by atoms with van der Waals surface area (Å²) in [6.45, 7) is 1.05. The molecule has 3 N–H and O–H groups in total. The quantitative estimate of drug-likeness (QED) is 0.517. The lowest BCUT2D eigenvalue weighted by molar-refractivity contribution is -0.141. The SMILES string of the molecule is CCC(CNC(=O)[C@@H]1[C@H](CNC(=O)OCC2c3ccccc3-c3ccccc32)C1(F)F)C(=O)O. The van der Waals surface area contributed by atoms with E-state index in [1.807, 2.05) is 48.5 Å². The van der Waals surface area contributed by atoms with Crippen molar-refractivity contribution in [2.24, 2.45) is 17.8 Å². The highest BCUT2D eigenvalue weighted by atomic mass is 19.3. The van der Waals surface area contributed by atoms with Gasteiger partial charge in [-0.1, -0.05) is 55.5 Å². The molecule has 3 atom stereocenters. The van der Waals surface area contributed by atoms with Crippen LogP contribution in [0.5, 0.6) is 0 Å². The third-order valence-corrected chi connectivity index (χ3v) is 6.66. The van der Waals surface area contributed by atoms with E-state index in [0.29, 0.717) is 0 Å². The highest BCUT2D eigenvalue weighted by molar-refractivity contribution is 5.84. The molecule has 1 saturated carbocycles. The Morgan fingerprint density at radius 2 is 1.62 bits per heavy atom. The molecule has 2 amide bonds. The number of carbonyl (C=O) groups is 3. The molecule has 0 spiro atoms. The first-order valence-corrected chi connectivity index (χ1v) is 11.2. The standard InChI is InChI=1S/C25H26F2N2O5/c1-2-14(23(31)32)11-28-22(30)21-20(25(21,26)27)12-29-24(33)34-13-19-17-9-5-3-7-15(17)16-8-4-6-10-18(16)19/h3-10,14,19-21H,2,11-13H2,1H3,(H,28,30)(H,29,33)(H,31,32)/t14?,20-,21-/m0/s1. The Bertz CT molecular complexity index is 1060. The normalized spacial score (nSPS) is 20.6. The molecule has 0 radical (unpaired) electrons. The molecule has 0 bridgehead atoms. The van der Waals surface area contributed by atoms with Crippen LogP contribution in [0.3, 0.4) is 0 Å². The Morgan fingerprint density at radius 3 is 2.18 bits per heavy atom. The van der Waals surface area contributed by atoms with Crippen molar-refractivity contribution in [3.05, 3.63) is 59.7 Å². The van der Waals surface area contributed by atoms with Crippen molar-refractivity contribution in [3.63, 3.8) is 0 Å². The van der Waals surface area contributed by atoms with E-state index in [1.165, 1.54) is 0 Å². The maximum Gasteiger partial charge on any atom is 0.407 e. The second-order valence-electron chi connectivity index (χ2n) is 8.65. The lowest BCUT2D eigenvalue weighted by Gasteiger charge is -2.14. The molecular weight excluding hydrogens is 446 g/mol. The average Bonchev–Trinajstić information content (AvgIpc) is 3.22. The van der Waals surface area contributed by atoms with Crippen LogP contribution in [-0.4, -0.2) is 48.7 Å². The van der Waals surface area contributed by atoms with Crippen molar-refractivity contribution < 1.29 is 33.0 Å². The predicted octanol–water partition coefficient (Wildman–Crippen LogP) is 3.63. The Kier molecular flexibility index (Phi) is 6.54. The molecule has 0 aliphatic heterocycles. The van der Waals surface area contributed by atoms with Crippen molar-refractivity contribution in [1.29, 1.82) is 0 Å². The van der Waals surface area contributed by atoms with Crippen molar-refractivity contribution in [2.75, 3.05) is 19.7 Å². The van der Waals surface area contributed by atoms with Crippen LogP contribution in [0.25, 0.3) is 11.1 Å². The van der Waals surface area contributed by atoms with Gasteiger partial charge in [-0.3, -0.25) is 9.59 Å². The van der Waals surface area contributed by atoms with Crippen LogP contribution in [0, 0.1) is 17.8 Å². The minimum absolute atomic E-state index is 0.0540. The molecule has 180 valence electrons. The molecule has 0 saturated heterocycles. The Labute approximate surface area is 195 Å². The number of carbonyl (C=O) groups excluding carboxylic acids is 2. The smallest absolute Gasteiger partial charge is 0.407 e. The monoisotopic (exact) mass is 472 g/mol. The van der Waals surface area contributed by atoms with E-state index >= 15 is 0 Å². The van der Waals surface area contributed by atoms with E-state index in [4.69, 9.17) is 9.84 Å². The maximum atomic E-state index is 14.1. The van der Waals surface area contributed by atoms with Crippen LogP contribution in [0.2, 0.25) is 0 Å². The zero-order valence-electron chi connectivity index (χ0n) is 18.6. The summed E-state index contributed by atoms with van der Waals surface area (Å²) in [5, 5.41) is 13.6. The van der Waals surface area contributed by atoms with Crippen LogP contribution in [0.4, 0.5) is 13.6 Å². The minimum atomic E-state index is -3.27. The van der Waals surface area contributed by atoms with Crippen molar-refractivity contribution >= 4 is 18.0 Å². The summed E-state index contributed by atoms with van der Waals surface area (Å²) in [4.78, 5) is 35.4. The first-order chi connectivity index (χ1) is 16.3. The summed E-state index contributed by atoms with van der Waals surface area (Å²) in [5.74, 6) is -9.24. The Balaban J connectivity index is 1.29. The number of ether oxygens (including phenoxy) is 1. The van der Waals surface area contributed by atoms with E-state index < -0.39 is 48.2 Å². The van der Waals surface area contributed by atoms with Crippen molar-refractivity contribution in [1.82, 2.24) is 10.6 Å². The molecule has 2 aliphatic carbocycles. The summed E-state index contributed by atoms with van der Waals surface area (Å²) >= 11 is 0. The fourth-order valence-electron chi connectivity index (χ4n) is 4.58. The summed E-state index contributed by atoms with van der Waals surface area (Å²) in [5.41, 5.74) is 4.22. The largest absolute Gasteiger partial charge is 0.481 e. The lowest BCUT2D eigenvalue weighted by atomic mass is 9.98. The van der Waals surface area contributed by atoms with Crippen molar-refractivity contribution in [2.45, 2.75) is 25.2 Å². The Morgan fingerprint density at radius 1 is 1.03 bits per heavy atom. The van der Waals surface area contributed by atoms with Gasteiger partial charge >= 0.3 is 12.1 Å². The predicted molar refractivity (Wildman–Crippen MR) is 119 cm³/mol. The van der Waals surface area contributed by atoms with Gasteiger partial charge in [0.05, 0.1) is 11.8 Å². The van der Waals surface area contributed by atoms with Gasteiger partial charge < -0.3 is 20.5 Å². The molecule has 34 heavy (non-hydrogen) atoms. The summed E-state index contributed by atoms with van der Waals surface area (Å²) in [7, 11) is 0. The van der Waals surface area contributed by atoms with Gasteiger partial charge in [0.25, 0.3) is 5.92 Å². The minimum Gasteiger partial charge on any atom is -0.481 e. The second kappa shape index (κ2) is 9.40. The second-order valence-corrected chi connectivity index (χ2v) is 8.65. The zero-order valence-corrected chi connectivity index (χ0v) is 18.6. The highest BCUT2D eigenvalue weighted by Crippen LogP contribution is 2.55. The number of carboxylic acid groups (broad SMARTS) is 1. The average molecular weight is 472 g/mol. The fraction of sp³-hybridized carbons (Fsp3) is 0.400. The molecular formula is C25H26F2N2O5. The number of hydrogen-bond acceptors (Lipinski definition) is 4. The molecule has 0 aromatic heterocycles. The van der Waals surface area contributed by atoms with Crippen LogP contribution < -0.4 is 10.6 Å². The number of fused-ring (bicyclic) bond motifs is 3. The first-order valence-electron chi connectivity index (χ1n) is 11.2. The summed E-state index contributed by atoms with van der Waals surface area (Å²) < 4.78 is 33.6. The number of carboxylic acids is 1. The van der Waals surface area contributed by atoms with E-state index in [9.17, 15) is 23.2 Å². The molecule has 7 nitrogen and oxygen atoms in total. The molecule has 1 fully saturated rings. The lowest BCUT2D eigenvalue weighted by Crippen LogP contribution is -2.35. The third-order valence-electron chi connectivity index (χ3n) is 6.66. The van der Waals surface area contributed by atoms with Gasteiger partial charge in [0.15, 0.2) is 0 Å². The third kappa shape index (κ3) is 4.47. The molecule has 4 rings (SSSR count). The van der Waals surface area contributed by atoms with E-state index in [-0.39, 0.29) is 25.5 Å². The summed E-state index contributed by atoms with van der Waals surface area (Å²) in [6, 6.07) is 15.7. The molecule has 1 unspecified atom stereocenters. The molecule has 2 aromatic rings. The zero-order chi connectivity index (χ0) is 24.5. The number of benzene rings is 2. The molecule has 2 aliphatic rings. The van der Waals surface area contributed by atoms with Gasteiger partial charge in [-0.15, -0.1) is 0 Å². The van der Waals surface area contributed by atoms with Crippen LogP contribution in [-0.2, 0) is 14.3 Å². The number of nitrogens with one attached hydrogen (secondary N) is 2. The number of aliphatic carboxylic acids is 1. The van der Waals surface area contributed by atoms with Gasteiger partial charge in [0.2, 0.25) is 5.91 Å². The number of alkyl carbamates (subject to hydrolysis) is 1. The Hall–Kier alpha value is -3.49. The van der Waals surface area contributed by atoms with Crippen LogP contribution in [0.1, 0.15) is 30.4 Å². The van der Waals surface area contributed by atoms with Gasteiger partial charge in [0, 0.05) is 19.0 Å². The van der Waals surface area contributed by atoms with Crippen molar-refractivity contribution in [3.8, 4) is 11.1 Å². The summed E-state index contributed by atoms with van der Waals surface area (Å²) in [6.07, 6.45) is -0.565. The van der Waals surface area contributed by atoms with E-state index in [0.717, 1.165) is 22.3 Å². The number of amides is 2. The van der Waals surface area contributed by atoms with Gasteiger partial charge in [0.1, 0.15) is 12.5 Å². The number of alkyl halides is 2. The topological polar surface area (TPSA) is 105 Å². The van der Waals surface area contributed by atoms with Crippen LogP contribution in [0.15, 0.2) is 48.5 Å². The van der Waals surface area contributed by atoms with E-state index in [2.05, 4.69) is 10.6 Å². The first kappa shape index (κ1) is 23.7. The molecule has 2 aromatic carbocycles. The van der Waals surface area contributed by atoms with E-state index in [1.54, 1.807) is 6.92 Å². The number of hydrogen-bond donors (Lipinski definition) is 3. The molecule has 0 heterocycles. The van der Waals surface area contributed by atoms with Crippen LogP contribution >= 0.6 is 0 Å².